The number of benzene rings is 1. The summed E-state index contributed by atoms with van der Waals surface area (Å²) in [6.07, 6.45) is 4.07. The molecule has 0 aromatic heterocycles. The largest absolute Gasteiger partial charge is 0.371 e. The summed E-state index contributed by atoms with van der Waals surface area (Å²) in [5.74, 6) is 1.48. The van der Waals surface area contributed by atoms with Crippen molar-refractivity contribution in [1.29, 1.82) is 0 Å². The molecule has 2 atom stereocenters. The van der Waals surface area contributed by atoms with Crippen LogP contribution in [0, 0.1) is 11.8 Å². The number of halogens is 3. The molecule has 0 radical (unpaired) electrons. The molecule has 2 saturated heterocycles. The standard InChI is InChI=1S/C18H26BrN3O.2ClH/c19-16-2-4-17(5-3-16)22-10-8-15(13-22)12-21-18(23)6-1-14-7-9-20-11-14;;/h2-5,14-15,20H,1,6-13H2,(H,21,23);2*1H. The number of nitrogens with zero attached hydrogens (tertiary/aromatic N) is 1. The van der Waals surface area contributed by atoms with E-state index in [0.717, 1.165) is 50.0 Å². The van der Waals surface area contributed by atoms with Crippen LogP contribution in [0.3, 0.4) is 0 Å². The molecule has 7 heteroatoms. The second-order valence-corrected chi connectivity index (χ2v) is 7.69. The molecule has 0 bridgehead atoms. The fraction of sp³-hybridized carbons (Fsp3) is 0.611. The summed E-state index contributed by atoms with van der Waals surface area (Å²) < 4.78 is 1.11. The lowest BCUT2D eigenvalue weighted by Gasteiger charge is -2.19. The summed E-state index contributed by atoms with van der Waals surface area (Å²) in [7, 11) is 0. The van der Waals surface area contributed by atoms with Crippen molar-refractivity contribution in [3.63, 3.8) is 0 Å². The molecule has 2 fully saturated rings. The van der Waals surface area contributed by atoms with E-state index in [1.54, 1.807) is 0 Å². The minimum absolute atomic E-state index is 0. The molecule has 0 saturated carbocycles. The van der Waals surface area contributed by atoms with Gasteiger partial charge in [-0.2, -0.15) is 0 Å². The monoisotopic (exact) mass is 451 g/mol. The molecule has 0 aliphatic carbocycles. The number of anilines is 1. The van der Waals surface area contributed by atoms with Gasteiger partial charge in [0, 0.05) is 36.2 Å². The SMILES string of the molecule is Cl.Cl.O=C(CCC1CCNC1)NCC1CCN(c2ccc(Br)cc2)C1. The summed E-state index contributed by atoms with van der Waals surface area (Å²) in [5, 5.41) is 6.49. The number of nitrogens with one attached hydrogen (secondary N) is 2. The highest BCUT2D eigenvalue weighted by molar-refractivity contribution is 9.10. The van der Waals surface area contributed by atoms with Crippen LogP contribution in [0.1, 0.15) is 25.7 Å². The van der Waals surface area contributed by atoms with Crippen LogP contribution in [0.5, 0.6) is 0 Å². The second kappa shape index (κ2) is 11.3. The lowest BCUT2D eigenvalue weighted by molar-refractivity contribution is -0.121. The summed E-state index contributed by atoms with van der Waals surface area (Å²) in [4.78, 5) is 14.4. The highest BCUT2D eigenvalue weighted by Crippen LogP contribution is 2.25. The molecule has 2 heterocycles. The van der Waals surface area contributed by atoms with Gasteiger partial charge in [0.1, 0.15) is 0 Å². The molecule has 2 unspecified atom stereocenters. The maximum absolute atomic E-state index is 12.0. The van der Waals surface area contributed by atoms with Crippen LogP contribution < -0.4 is 15.5 Å². The summed E-state index contributed by atoms with van der Waals surface area (Å²) in [5.41, 5.74) is 1.27. The van der Waals surface area contributed by atoms with E-state index in [4.69, 9.17) is 0 Å². The molecule has 3 rings (SSSR count). The molecule has 4 nitrogen and oxygen atoms in total. The second-order valence-electron chi connectivity index (χ2n) is 6.78. The van der Waals surface area contributed by atoms with E-state index in [-0.39, 0.29) is 30.7 Å². The maximum atomic E-state index is 12.0. The first kappa shape index (κ1) is 22.6. The maximum Gasteiger partial charge on any atom is 0.220 e. The third-order valence-corrected chi connectivity index (χ3v) is 5.54. The topological polar surface area (TPSA) is 44.4 Å². The van der Waals surface area contributed by atoms with Gasteiger partial charge < -0.3 is 15.5 Å². The predicted molar refractivity (Wildman–Crippen MR) is 112 cm³/mol. The number of amides is 1. The average Bonchev–Trinajstić information content (AvgIpc) is 3.23. The van der Waals surface area contributed by atoms with Gasteiger partial charge in [0.05, 0.1) is 0 Å². The van der Waals surface area contributed by atoms with E-state index in [0.29, 0.717) is 18.3 Å². The van der Waals surface area contributed by atoms with Gasteiger partial charge in [0.25, 0.3) is 0 Å². The molecule has 2 aliphatic rings. The minimum Gasteiger partial charge on any atom is -0.371 e. The van der Waals surface area contributed by atoms with E-state index >= 15 is 0 Å². The van der Waals surface area contributed by atoms with Crippen molar-refractivity contribution >= 4 is 52.3 Å². The predicted octanol–water partition coefficient (Wildman–Crippen LogP) is 3.62. The Balaban J connectivity index is 0.00000156. The van der Waals surface area contributed by atoms with Gasteiger partial charge in [0.2, 0.25) is 5.91 Å². The van der Waals surface area contributed by atoms with Gasteiger partial charge in [-0.15, -0.1) is 24.8 Å². The Labute approximate surface area is 171 Å². The summed E-state index contributed by atoms with van der Waals surface area (Å²) >= 11 is 3.48. The van der Waals surface area contributed by atoms with Gasteiger partial charge in [-0.05, 0) is 68.5 Å². The van der Waals surface area contributed by atoms with Crippen molar-refractivity contribution in [3.05, 3.63) is 28.7 Å². The van der Waals surface area contributed by atoms with Gasteiger partial charge in [0.15, 0.2) is 0 Å². The molecule has 2 aliphatic heterocycles. The zero-order valence-electron chi connectivity index (χ0n) is 14.4. The van der Waals surface area contributed by atoms with E-state index in [2.05, 4.69) is 55.7 Å². The van der Waals surface area contributed by atoms with E-state index in [9.17, 15) is 4.79 Å². The van der Waals surface area contributed by atoms with Crippen molar-refractivity contribution in [2.45, 2.75) is 25.7 Å². The average molecular weight is 453 g/mol. The highest BCUT2D eigenvalue weighted by atomic mass is 79.9. The molecule has 2 N–H and O–H groups in total. The van der Waals surface area contributed by atoms with Crippen LogP contribution in [0.2, 0.25) is 0 Å². The van der Waals surface area contributed by atoms with Crippen molar-refractivity contribution in [2.75, 3.05) is 37.6 Å². The van der Waals surface area contributed by atoms with Gasteiger partial charge in [-0.3, -0.25) is 4.79 Å². The third-order valence-electron chi connectivity index (χ3n) is 5.01. The number of hydrogen-bond acceptors (Lipinski definition) is 3. The first-order valence-electron chi connectivity index (χ1n) is 8.68. The van der Waals surface area contributed by atoms with E-state index in [1.807, 2.05) is 0 Å². The Hall–Kier alpha value is -0.490. The number of hydrogen-bond donors (Lipinski definition) is 2. The lowest BCUT2D eigenvalue weighted by atomic mass is 10.0. The zero-order chi connectivity index (χ0) is 16.1. The minimum atomic E-state index is 0. The molecular weight excluding hydrogens is 425 g/mol. The molecular formula is C18H28BrCl2N3O. The Morgan fingerprint density at radius 1 is 1.20 bits per heavy atom. The van der Waals surface area contributed by atoms with Crippen LogP contribution in [-0.4, -0.2) is 38.6 Å². The van der Waals surface area contributed by atoms with Crippen LogP contribution in [0.4, 0.5) is 5.69 Å². The summed E-state index contributed by atoms with van der Waals surface area (Å²) in [6, 6.07) is 8.48. The molecule has 1 amide bonds. The number of rotatable bonds is 6. The van der Waals surface area contributed by atoms with E-state index < -0.39 is 0 Å². The third kappa shape index (κ3) is 6.97. The summed E-state index contributed by atoms with van der Waals surface area (Å²) in [6.45, 7) is 5.12. The van der Waals surface area contributed by atoms with Crippen LogP contribution >= 0.6 is 40.7 Å². The van der Waals surface area contributed by atoms with Crippen molar-refractivity contribution in [1.82, 2.24) is 10.6 Å². The fourth-order valence-electron chi connectivity index (χ4n) is 3.53. The quantitative estimate of drug-likeness (QED) is 0.692. The van der Waals surface area contributed by atoms with Crippen LogP contribution in [0.15, 0.2) is 28.7 Å². The zero-order valence-corrected chi connectivity index (χ0v) is 17.6. The van der Waals surface area contributed by atoms with Crippen molar-refractivity contribution < 1.29 is 4.79 Å². The van der Waals surface area contributed by atoms with Crippen molar-refractivity contribution in [3.8, 4) is 0 Å². The Kier molecular flexibility index (Phi) is 10.2. The Morgan fingerprint density at radius 2 is 1.96 bits per heavy atom. The molecule has 0 spiro atoms. The Bertz CT molecular complexity index is 524. The van der Waals surface area contributed by atoms with Gasteiger partial charge in [-0.1, -0.05) is 15.9 Å². The molecule has 1 aromatic carbocycles. The smallest absolute Gasteiger partial charge is 0.220 e. The first-order valence-corrected chi connectivity index (χ1v) is 9.48. The normalized spacial score (nSPS) is 22.2. The van der Waals surface area contributed by atoms with E-state index in [1.165, 1.54) is 12.1 Å². The first-order chi connectivity index (χ1) is 11.2. The number of carbonyl (C=O) groups is 1. The van der Waals surface area contributed by atoms with Crippen LogP contribution in [0.25, 0.3) is 0 Å². The molecule has 1 aromatic rings. The number of carbonyl (C=O) groups excluding carboxylic acids is 1. The van der Waals surface area contributed by atoms with Gasteiger partial charge >= 0.3 is 0 Å². The van der Waals surface area contributed by atoms with Gasteiger partial charge in [-0.25, -0.2) is 0 Å². The highest BCUT2D eigenvalue weighted by Gasteiger charge is 2.23. The van der Waals surface area contributed by atoms with Crippen LogP contribution in [-0.2, 0) is 4.79 Å². The lowest BCUT2D eigenvalue weighted by Crippen LogP contribution is -2.31. The molecule has 142 valence electrons. The Morgan fingerprint density at radius 3 is 2.64 bits per heavy atom. The molecule has 25 heavy (non-hydrogen) atoms. The fourth-order valence-corrected chi connectivity index (χ4v) is 3.79. The van der Waals surface area contributed by atoms with Crippen molar-refractivity contribution in [2.24, 2.45) is 11.8 Å².